The van der Waals surface area contributed by atoms with E-state index in [2.05, 4.69) is 34.7 Å². The Morgan fingerprint density at radius 1 is 1.13 bits per heavy atom. The summed E-state index contributed by atoms with van der Waals surface area (Å²) in [5, 5.41) is 0.396. The summed E-state index contributed by atoms with van der Waals surface area (Å²) in [5.74, 6) is -0.683. The van der Waals surface area contributed by atoms with Gasteiger partial charge in [-0.15, -0.1) is 0 Å². The van der Waals surface area contributed by atoms with Crippen molar-refractivity contribution >= 4 is 32.8 Å². The highest BCUT2D eigenvalue weighted by atomic mass is 79.9. The van der Waals surface area contributed by atoms with Gasteiger partial charge in [-0.3, -0.25) is 9.59 Å². The second-order valence-corrected chi connectivity index (χ2v) is 8.57. The first-order chi connectivity index (χ1) is 14.9. The molecule has 7 heteroatoms. The largest absolute Gasteiger partial charge is 0.450 e. The Balaban J connectivity index is 1.81. The van der Waals surface area contributed by atoms with Crippen LogP contribution in [0.3, 0.4) is 0 Å². The van der Waals surface area contributed by atoms with Crippen molar-refractivity contribution < 1.29 is 13.6 Å². The molecule has 4 rings (SSSR count). The predicted molar refractivity (Wildman–Crippen MR) is 122 cm³/mol. The zero-order valence-corrected chi connectivity index (χ0v) is 19.1. The molecular weight excluding hydrogens is 463 g/mol. The first-order valence-corrected chi connectivity index (χ1v) is 11.3. The Morgan fingerprint density at radius 2 is 1.90 bits per heavy atom. The molecular formula is C24H24BrFN2O3. The van der Waals surface area contributed by atoms with Crippen molar-refractivity contribution in [3.63, 3.8) is 0 Å². The fourth-order valence-corrected chi connectivity index (χ4v) is 4.61. The molecule has 1 amide bonds. The molecule has 1 aliphatic rings. The summed E-state index contributed by atoms with van der Waals surface area (Å²) >= 11 is 3.39. The molecule has 31 heavy (non-hydrogen) atoms. The van der Waals surface area contributed by atoms with Crippen molar-refractivity contribution in [3.05, 3.63) is 79.9 Å². The number of fused-ring (bicyclic) bond motifs is 2. The third-order valence-electron chi connectivity index (χ3n) is 5.86. The maximum Gasteiger partial charge on any atom is 0.290 e. The molecule has 0 spiro atoms. The number of halogens is 2. The Bertz CT molecular complexity index is 1190. The molecule has 5 nitrogen and oxygen atoms in total. The van der Waals surface area contributed by atoms with Gasteiger partial charge in [0, 0.05) is 11.0 Å². The van der Waals surface area contributed by atoms with Gasteiger partial charge in [-0.2, -0.15) is 0 Å². The van der Waals surface area contributed by atoms with Gasteiger partial charge in [0.1, 0.15) is 11.4 Å². The predicted octanol–water partition coefficient (Wildman–Crippen LogP) is 4.97. The highest BCUT2D eigenvalue weighted by Gasteiger charge is 2.42. The molecule has 0 bridgehead atoms. The molecule has 0 saturated carbocycles. The maximum absolute atomic E-state index is 14.1. The molecule has 3 aromatic rings. The van der Waals surface area contributed by atoms with E-state index in [4.69, 9.17) is 4.42 Å². The van der Waals surface area contributed by atoms with Crippen molar-refractivity contribution in [1.82, 2.24) is 9.80 Å². The van der Waals surface area contributed by atoms with Crippen molar-refractivity contribution in [2.45, 2.75) is 26.3 Å². The molecule has 2 aromatic carbocycles. The van der Waals surface area contributed by atoms with Crippen LogP contribution in [0.5, 0.6) is 0 Å². The molecule has 2 heterocycles. The van der Waals surface area contributed by atoms with Crippen LogP contribution in [0.4, 0.5) is 4.39 Å². The Labute approximate surface area is 188 Å². The van der Waals surface area contributed by atoms with E-state index in [-0.39, 0.29) is 22.7 Å². The van der Waals surface area contributed by atoms with E-state index in [0.29, 0.717) is 23.1 Å². The molecule has 0 fully saturated rings. The number of nitrogens with zero attached hydrogens (tertiary/aromatic N) is 2. The zero-order chi connectivity index (χ0) is 22.1. The van der Waals surface area contributed by atoms with E-state index in [1.807, 2.05) is 0 Å². The Morgan fingerprint density at radius 3 is 2.61 bits per heavy atom. The standard InChI is InChI=1S/C24H24BrFN2O3/c1-3-27(4-2)11-6-12-28-21(15-7-5-8-17(26)13-15)20-22(29)18-14-16(25)9-10-19(18)31-23(20)24(28)30/h5,7-10,13-14,21H,3-4,6,11-12H2,1-2H3/t21-/m1/s1. The molecule has 1 atom stereocenters. The number of carbonyl (C=O) groups is 1. The van der Waals surface area contributed by atoms with Crippen LogP contribution in [0.1, 0.15) is 48.0 Å². The molecule has 0 N–H and O–H groups in total. The molecule has 1 aromatic heterocycles. The lowest BCUT2D eigenvalue weighted by Crippen LogP contribution is -2.33. The van der Waals surface area contributed by atoms with Crippen LogP contribution < -0.4 is 5.43 Å². The van der Waals surface area contributed by atoms with Crippen molar-refractivity contribution in [3.8, 4) is 0 Å². The lowest BCUT2D eigenvalue weighted by atomic mass is 9.98. The minimum absolute atomic E-state index is 0.0527. The highest BCUT2D eigenvalue weighted by molar-refractivity contribution is 9.10. The highest BCUT2D eigenvalue weighted by Crippen LogP contribution is 2.38. The van der Waals surface area contributed by atoms with Crippen LogP contribution in [-0.2, 0) is 0 Å². The summed E-state index contributed by atoms with van der Waals surface area (Å²) in [6.07, 6.45) is 0.743. The quantitative estimate of drug-likeness (QED) is 0.472. The van der Waals surface area contributed by atoms with Gasteiger partial charge in [-0.25, -0.2) is 4.39 Å². The van der Waals surface area contributed by atoms with Crippen LogP contribution in [0.25, 0.3) is 11.0 Å². The zero-order valence-electron chi connectivity index (χ0n) is 17.5. The van der Waals surface area contributed by atoms with E-state index < -0.39 is 11.9 Å². The summed E-state index contributed by atoms with van der Waals surface area (Å²) < 4.78 is 20.7. The van der Waals surface area contributed by atoms with Gasteiger partial charge in [0.05, 0.1) is 17.0 Å². The monoisotopic (exact) mass is 486 g/mol. The molecule has 1 aliphatic heterocycles. The minimum atomic E-state index is -0.672. The first kappa shape index (κ1) is 21.7. The van der Waals surface area contributed by atoms with Crippen LogP contribution in [0, 0.1) is 5.82 Å². The average Bonchev–Trinajstić information content (AvgIpc) is 3.04. The van der Waals surface area contributed by atoms with Gasteiger partial charge in [-0.05, 0) is 62.0 Å². The minimum Gasteiger partial charge on any atom is -0.450 e. The number of rotatable bonds is 7. The summed E-state index contributed by atoms with van der Waals surface area (Å²) in [6.45, 7) is 7.33. The van der Waals surface area contributed by atoms with E-state index in [0.717, 1.165) is 30.5 Å². The number of hydrogen-bond donors (Lipinski definition) is 0. The normalized spacial score (nSPS) is 15.8. The second-order valence-electron chi connectivity index (χ2n) is 7.65. The number of benzene rings is 2. The fraction of sp³-hybridized carbons (Fsp3) is 0.333. The van der Waals surface area contributed by atoms with E-state index in [9.17, 15) is 14.0 Å². The van der Waals surface area contributed by atoms with E-state index >= 15 is 0 Å². The van der Waals surface area contributed by atoms with Crippen molar-refractivity contribution in [2.24, 2.45) is 0 Å². The topological polar surface area (TPSA) is 53.8 Å². The van der Waals surface area contributed by atoms with E-state index in [1.54, 1.807) is 35.2 Å². The average molecular weight is 487 g/mol. The third-order valence-corrected chi connectivity index (χ3v) is 6.35. The molecule has 0 unspecified atom stereocenters. The first-order valence-electron chi connectivity index (χ1n) is 10.5. The van der Waals surface area contributed by atoms with Crippen LogP contribution in [0.2, 0.25) is 0 Å². The maximum atomic E-state index is 14.1. The molecule has 0 saturated heterocycles. The lowest BCUT2D eigenvalue weighted by molar-refractivity contribution is 0.0720. The summed E-state index contributed by atoms with van der Waals surface area (Å²) in [4.78, 5) is 30.7. The number of hydrogen-bond acceptors (Lipinski definition) is 4. The van der Waals surface area contributed by atoms with Gasteiger partial charge >= 0.3 is 0 Å². The van der Waals surface area contributed by atoms with Crippen LogP contribution in [0.15, 0.2) is 56.1 Å². The fourth-order valence-electron chi connectivity index (χ4n) is 4.25. The van der Waals surface area contributed by atoms with Gasteiger partial charge in [0.2, 0.25) is 5.76 Å². The molecule has 0 radical (unpaired) electrons. The smallest absolute Gasteiger partial charge is 0.290 e. The summed E-state index contributed by atoms with van der Waals surface area (Å²) in [5.41, 5.74) is 0.954. The summed E-state index contributed by atoms with van der Waals surface area (Å²) in [6, 6.07) is 10.5. The number of carbonyl (C=O) groups excluding carboxylic acids is 1. The number of amides is 1. The third kappa shape index (κ3) is 4.04. The second kappa shape index (κ2) is 8.93. The lowest BCUT2D eigenvalue weighted by Gasteiger charge is -2.26. The molecule has 162 valence electrons. The van der Waals surface area contributed by atoms with Gasteiger partial charge in [-0.1, -0.05) is 41.9 Å². The van der Waals surface area contributed by atoms with Crippen molar-refractivity contribution in [2.75, 3.05) is 26.2 Å². The molecule has 0 aliphatic carbocycles. The Kier molecular flexibility index (Phi) is 6.25. The Hall–Kier alpha value is -2.51. The van der Waals surface area contributed by atoms with Crippen LogP contribution in [-0.4, -0.2) is 41.9 Å². The SMILES string of the molecule is CCN(CC)CCCN1C(=O)c2oc3ccc(Br)cc3c(=O)c2[C@H]1c1cccc(F)c1. The van der Waals surface area contributed by atoms with Crippen molar-refractivity contribution in [1.29, 1.82) is 0 Å². The van der Waals surface area contributed by atoms with Gasteiger partial charge in [0.25, 0.3) is 5.91 Å². The van der Waals surface area contributed by atoms with E-state index in [1.165, 1.54) is 12.1 Å². The summed E-state index contributed by atoms with van der Waals surface area (Å²) in [7, 11) is 0. The van der Waals surface area contributed by atoms with Gasteiger partial charge < -0.3 is 14.2 Å². The van der Waals surface area contributed by atoms with Gasteiger partial charge in [0.15, 0.2) is 5.43 Å². The van der Waals surface area contributed by atoms with Crippen LogP contribution >= 0.6 is 15.9 Å².